The highest BCUT2D eigenvalue weighted by Crippen LogP contribution is 2.36. The molecule has 2 fully saturated rings. The van der Waals surface area contributed by atoms with Crippen LogP contribution < -0.4 is 10.6 Å². The van der Waals surface area contributed by atoms with Crippen LogP contribution in [0.15, 0.2) is 48.5 Å². The van der Waals surface area contributed by atoms with Gasteiger partial charge in [-0.15, -0.1) is 0 Å². The Bertz CT molecular complexity index is 977. The van der Waals surface area contributed by atoms with Gasteiger partial charge in [0.15, 0.2) is 0 Å². The minimum absolute atomic E-state index is 0.0453. The van der Waals surface area contributed by atoms with E-state index in [1.54, 1.807) is 0 Å². The number of carbonyl (C=O) groups is 1. The van der Waals surface area contributed by atoms with E-state index in [0.717, 1.165) is 49.7 Å². The van der Waals surface area contributed by atoms with Crippen molar-refractivity contribution in [3.05, 3.63) is 69.7 Å². The van der Waals surface area contributed by atoms with Gasteiger partial charge in [0.1, 0.15) is 12.2 Å². The van der Waals surface area contributed by atoms with E-state index in [0.29, 0.717) is 10.0 Å². The summed E-state index contributed by atoms with van der Waals surface area (Å²) in [7, 11) is 0. The van der Waals surface area contributed by atoms with Crippen LogP contribution in [-0.4, -0.2) is 29.3 Å². The van der Waals surface area contributed by atoms with E-state index < -0.39 is 18.4 Å². The number of nitrogens with one attached hydrogen (secondary N) is 2. The van der Waals surface area contributed by atoms with Crippen molar-refractivity contribution in [2.24, 2.45) is 0 Å². The summed E-state index contributed by atoms with van der Waals surface area (Å²) in [4.78, 5) is 13.4. The topological polar surface area (TPSA) is 59.6 Å². The standard InChI is InChI=1S/C29H38Cl2N2O3/c1-28(2)15-7-13-23(32-28)25(19-9-5-11-21(30)17-19)35-27(34)36-26(20-10-6-12-22(31)18-20)24-14-8-16-29(3,4)33-24/h5-6,9-12,17-18,23-26,32-33H,7-8,13-16H2,1-4H3/t23-,24-,25-,26-/m1/s1. The molecule has 0 aliphatic carbocycles. The van der Waals surface area contributed by atoms with Gasteiger partial charge >= 0.3 is 6.16 Å². The minimum atomic E-state index is -0.694. The molecular weight excluding hydrogens is 495 g/mol. The van der Waals surface area contributed by atoms with E-state index in [4.69, 9.17) is 32.7 Å². The Hall–Kier alpha value is -1.79. The van der Waals surface area contributed by atoms with Gasteiger partial charge < -0.3 is 20.1 Å². The van der Waals surface area contributed by atoms with Crippen LogP contribution in [0.2, 0.25) is 10.0 Å². The summed E-state index contributed by atoms with van der Waals surface area (Å²) in [5.74, 6) is 0. The molecule has 0 amide bonds. The van der Waals surface area contributed by atoms with Crippen molar-refractivity contribution in [3.63, 3.8) is 0 Å². The molecule has 196 valence electrons. The normalized spacial score (nSPS) is 24.9. The summed E-state index contributed by atoms with van der Waals surface area (Å²) in [6.07, 6.45) is 4.28. The molecule has 4 rings (SSSR count). The Balaban J connectivity index is 1.59. The zero-order valence-electron chi connectivity index (χ0n) is 21.7. The molecule has 2 aromatic rings. The van der Waals surface area contributed by atoms with E-state index >= 15 is 0 Å². The molecule has 2 heterocycles. The fourth-order valence-electron chi connectivity index (χ4n) is 5.64. The minimum Gasteiger partial charge on any atom is -0.424 e. The maximum absolute atomic E-state index is 13.4. The average Bonchev–Trinajstić information content (AvgIpc) is 2.79. The van der Waals surface area contributed by atoms with Crippen LogP contribution in [0.25, 0.3) is 0 Å². The summed E-state index contributed by atoms with van der Waals surface area (Å²) < 4.78 is 12.2. The Labute approximate surface area is 225 Å². The van der Waals surface area contributed by atoms with Crippen molar-refractivity contribution < 1.29 is 14.3 Å². The van der Waals surface area contributed by atoms with Crippen LogP contribution in [0.5, 0.6) is 0 Å². The summed E-state index contributed by atoms with van der Waals surface area (Å²) >= 11 is 12.6. The van der Waals surface area contributed by atoms with Crippen molar-refractivity contribution >= 4 is 29.4 Å². The number of benzene rings is 2. The molecule has 4 atom stereocenters. The molecule has 0 saturated carbocycles. The first-order valence-electron chi connectivity index (χ1n) is 12.9. The lowest BCUT2D eigenvalue weighted by atomic mass is 9.85. The first-order chi connectivity index (χ1) is 17.0. The van der Waals surface area contributed by atoms with Crippen molar-refractivity contribution in [2.75, 3.05) is 0 Å². The third-order valence-electron chi connectivity index (χ3n) is 7.32. The molecule has 2 aliphatic rings. The number of carbonyl (C=O) groups excluding carboxylic acids is 1. The molecule has 0 unspecified atom stereocenters. The van der Waals surface area contributed by atoms with Crippen LogP contribution in [-0.2, 0) is 9.47 Å². The van der Waals surface area contributed by atoms with Crippen molar-refractivity contribution in [1.82, 2.24) is 10.6 Å². The van der Waals surface area contributed by atoms with Crippen LogP contribution in [0.4, 0.5) is 4.79 Å². The first-order valence-corrected chi connectivity index (χ1v) is 13.7. The smallest absolute Gasteiger partial charge is 0.424 e. The van der Waals surface area contributed by atoms with Crippen molar-refractivity contribution in [3.8, 4) is 0 Å². The highest BCUT2D eigenvalue weighted by atomic mass is 35.5. The van der Waals surface area contributed by atoms with E-state index in [2.05, 4.69) is 38.3 Å². The molecule has 36 heavy (non-hydrogen) atoms. The zero-order valence-corrected chi connectivity index (χ0v) is 23.2. The summed E-state index contributed by atoms with van der Waals surface area (Å²) in [6, 6.07) is 15.0. The third kappa shape index (κ3) is 7.16. The summed E-state index contributed by atoms with van der Waals surface area (Å²) in [5.41, 5.74) is 1.61. The highest BCUT2D eigenvalue weighted by molar-refractivity contribution is 6.30. The summed E-state index contributed by atoms with van der Waals surface area (Å²) in [6.45, 7) is 8.72. The fraction of sp³-hybridized carbons (Fsp3) is 0.552. The first kappa shape index (κ1) is 27.3. The second-order valence-corrected chi connectivity index (χ2v) is 12.4. The van der Waals surface area contributed by atoms with E-state index in [-0.39, 0.29) is 23.2 Å². The van der Waals surface area contributed by atoms with Gasteiger partial charge in [0, 0.05) is 33.2 Å². The number of hydrogen-bond donors (Lipinski definition) is 2. The SMILES string of the molecule is CC1(C)CCC[C@H]([C@H](OC(=O)O[C@H](c2cccc(Cl)c2)[C@H]2CCCC(C)(C)N2)c2cccc(Cl)c2)N1. The zero-order chi connectivity index (χ0) is 25.9. The number of hydrogen-bond acceptors (Lipinski definition) is 5. The van der Waals surface area contributed by atoms with Crippen molar-refractivity contribution in [2.45, 2.75) is 102 Å². The number of ether oxygens (including phenoxy) is 2. The van der Waals surface area contributed by atoms with Gasteiger partial charge in [-0.1, -0.05) is 47.5 Å². The van der Waals surface area contributed by atoms with Crippen LogP contribution in [0, 0.1) is 0 Å². The number of rotatable bonds is 6. The monoisotopic (exact) mass is 532 g/mol. The molecule has 2 saturated heterocycles. The molecule has 5 nitrogen and oxygen atoms in total. The highest BCUT2D eigenvalue weighted by Gasteiger charge is 2.38. The molecule has 0 spiro atoms. The predicted molar refractivity (Wildman–Crippen MR) is 146 cm³/mol. The Morgan fingerprint density at radius 1 is 0.806 bits per heavy atom. The molecule has 2 aromatic carbocycles. The van der Waals surface area contributed by atoms with Crippen LogP contribution in [0.1, 0.15) is 89.6 Å². The van der Waals surface area contributed by atoms with Gasteiger partial charge in [-0.2, -0.15) is 0 Å². The maximum atomic E-state index is 13.4. The molecule has 0 bridgehead atoms. The van der Waals surface area contributed by atoms with E-state index in [1.165, 1.54) is 0 Å². The lowest BCUT2D eigenvalue weighted by molar-refractivity contribution is -0.0353. The largest absolute Gasteiger partial charge is 0.509 e. The van der Waals surface area contributed by atoms with Crippen LogP contribution in [0.3, 0.4) is 0 Å². The van der Waals surface area contributed by atoms with Gasteiger partial charge in [-0.3, -0.25) is 0 Å². The fourth-order valence-corrected chi connectivity index (χ4v) is 6.04. The van der Waals surface area contributed by atoms with Gasteiger partial charge in [-0.25, -0.2) is 4.79 Å². The van der Waals surface area contributed by atoms with E-state index in [1.807, 2.05) is 48.5 Å². The summed E-state index contributed by atoms with van der Waals surface area (Å²) in [5, 5.41) is 8.57. The Morgan fingerprint density at radius 2 is 1.22 bits per heavy atom. The van der Waals surface area contributed by atoms with E-state index in [9.17, 15) is 4.79 Å². The molecule has 7 heteroatoms. The average molecular weight is 534 g/mol. The third-order valence-corrected chi connectivity index (χ3v) is 7.79. The van der Waals surface area contributed by atoms with Gasteiger partial charge in [0.25, 0.3) is 0 Å². The molecule has 2 N–H and O–H groups in total. The van der Waals surface area contributed by atoms with Gasteiger partial charge in [0.2, 0.25) is 0 Å². The second-order valence-electron chi connectivity index (χ2n) is 11.5. The Kier molecular flexibility index (Phi) is 8.56. The lowest BCUT2D eigenvalue weighted by Crippen LogP contribution is -2.53. The van der Waals surface area contributed by atoms with Crippen molar-refractivity contribution in [1.29, 1.82) is 0 Å². The number of piperidine rings is 2. The second kappa shape index (κ2) is 11.3. The molecule has 2 aliphatic heterocycles. The lowest BCUT2D eigenvalue weighted by Gasteiger charge is -2.41. The molecule has 0 radical (unpaired) electrons. The quantitative estimate of drug-likeness (QED) is 0.372. The Morgan fingerprint density at radius 3 is 1.58 bits per heavy atom. The predicted octanol–water partition coefficient (Wildman–Crippen LogP) is 7.77. The number of halogens is 2. The van der Waals surface area contributed by atoms with Gasteiger partial charge in [0.05, 0.1) is 0 Å². The maximum Gasteiger partial charge on any atom is 0.509 e. The van der Waals surface area contributed by atoms with Crippen LogP contribution >= 0.6 is 23.2 Å². The molecular formula is C29H38Cl2N2O3. The molecule has 0 aromatic heterocycles. The van der Waals surface area contributed by atoms with Gasteiger partial charge in [-0.05, 0) is 102 Å².